The van der Waals surface area contributed by atoms with Crippen LogP contribution in [0.4, 0.5) is 4.39 Å². The molecule has 3 nitrogen and oxygen atoms in total. The molecule has 74 valence electrons. The lowest BCUT2D eigenvalue weighted by Crippen LogP contribution is -1.98. The van der Waals surface area contributed by atoms with E-state index in [0.717, 1.165) is 4.70 Å². The van der Waals surface area contributed by atoms with Crippen LogP contribution in [0.3, 0.4) is 0 Å². The van der Waals surface area contributed by atoms with E-state index in [-0.39, 0.29) is 11.6 Å². The number of ether oxygens (including phenoxy) is 1. The average molecular weight is 212 g/mol. The third kappa shape index (κ3) is 1.25. The Morgan fingerprint density at radius 3 is 3.00 bits per heavy atom. The van der Waals surface area contributed by atoms with Crippen LogP contribution in [-0.4, -0.2) is 11.5 Å². The Balaban J connectivity index is 2.81. The Morgan fingerprint density at radius 2 is 2.36 bits per heavy atom. The molecule has 2 rings (SSSR count). The van der Waals surface area contributed by atoms with Crippen molar-refractivity contribution in [1.29, 1.82) is 0 Å². The van der Waals surface area contributed by atoms with Gasteiger partial charge < -0.3 is 10.5 Å². The van der Waals surface area contributed by atoms with Gasteiger partial charge in [-0.3, -0.25) is 0 Å². The Hall–Kier alpha value is -1.20. The van der Waals surface area contributed by atoms with Gasteiger partial charge in [0.05, 0.1) is 22.9 Å². The Kier molecular flexibility index (Phi) is 2.35. The summed E-state index contributed by atoms with van der Waals surface area (Å²) in [6, 6.07) is 3.06. The summed E-state index contributed by atoms with van der Waals surface area (Å²) in [5.41, 5.74) is 6.18. The zero-order chi connectivity index (χ0) is 10.1. The molecule has 0 amide bonds. The van der Waals surface area contributed by atoms with Gasteiger partial charge in [0, 0.05) is 6.54 Å². The first kappa shape index (κ1) is 9.36. The number of rotatable bonds is 2. The maximum atomic E-state index is 13.3. The lowest BCUT2D eigenvalue weighted by Gasteiger charge is -2.03. The molecular formula is C9H9FN2OS. The standard InChI is InChI=1S/C9H9FN2OS/c1-13-9-5(10)2-3-7-8(9)6(4-11)12-14-7/h2-3H,4,11H2,1H3. The van der Waals surface area contributed by atoms with Gasteiger partial charge >= 0.3 is 0 Å². The summed E-state index contributed by atoms with van der Waals surface area (Å²) >= 11 is 1.30. The highest BCUT2D eigenvalue weighted by atomic mass is 32.1. The third-order valence-electron chi connectivity index (χ3n) is 2.01. The quantitative estimate of drug-likeness (QED) is 0.827. The molecule has 0 aliphatic carbocycles. The smallest absolute Gasteiger partial charge is 0.165 e. The van der Waals surface area contributed by atoms with Crippen molar-refractivity contribution in [3.05, 3.63) is 23.6 Å². The fourth-order valence-electron chi connectivity index (χ4n) is 1.38. The molecule has 0 saturated heterocycles. The number of benzene rings is 1. The van der Waals surface area contributed by atoms with Crippen molar-refractivity contribution < 1.29 is 9.13 Å². The molecule has 0 aliphatic heterocycles. The number of methoxy groups -OCH3 is 1. The van der Waals surface area contributed by atoms with Crippen LogP contribution < -0.4 is 10.5 Å². The number of nitrogens with zero attached hydrogens (tertiary/aromatic N) is 1. The number of aromatic nitrogens is 1. The number of hydrogen-bond donors (Lipinski definition) is 1. The second-order valence-electron chi connectivity index (χ2n) is 2.79. The SMILES string of the molecule is COc1c(F)ccc2snc(CN)c12. The Bertz CT molecular complexity index is 469. The molecule has 0 radical (unpaired) electrons. The van der Waals surface area contributed by atoms with E-state index in [1.54, 1.807) is 6.07 Å². The number of fused-ring (bicyclic) bond motifs is 1. The lowest BCUT2D eigenvalue weighted by atomic mass is 10.2. The number of halogens is 1. The molecule has 0 unspecified atom stereocenters. The van der Waals surface area contributed by atoms with Gasteiger partial charge in [0.25, 0.3) is 0 Å². The van der Waals surface area contributed by atoms with Gasteiger partial charge in [-0.05, 0) is 23.7 Å². The molecule has 14 heavy (non-hydrogen) atoms. The fourth-order valence-corrected chi connectivity index (χ4v) is 2.18. The minimum absolute atomic E-state index is 0.233. The minimum Gasteiger partial charge on any atom is -0.493 e. The molecule has 1 aromatic heterocycles. The molecule has 5 heteroatoms. The summed E-state index contributed by atoms with van der Waals surface area (Å²) in [6.45, 7) is 0.291. The van der Waals surface area contributed by atoms with Gasteiger partial charge in [-0.25, -0.2) is 4.39 Å². The van der Waals surface area contributed by atoms with Crippen LogP contribution in [0.1, 0.15) is 5.69 Å². The highest BCUT2D eigenvalue weighted by Gasteiger charge is 2.14. The third-order valence-corrected chi connectivity index (χ3v) is 2.86. The molecular weight excluding hydrogens is 203 g/mol. The summed E-state index contributed by atoms with van der Waals surface area (Å²) in [6.07, 6.45) is 0. The van der Waals surface area contributed by atoms with Crippen LogP contribution in [0.15, 0.2) is 12.1 Å². The van der Waals surface area contributed by atoms with Crippen LogP contribution in [0.5, 0.6) is 5.75 Å². The first-order valence-corrected chi connectivity index (χ1v) is 4.86. The van der Waals surface area contributed by atoms with E-state index in [0.29, 0.717) is 17.6 Å². The van der Waals surface area contributed by atoms with E-state index in [1.807, 2.05) is 0 Å². The average Bonchev–Trinajstić information content (AvgIpc) is 2.61. The molecule has 0 spiro atoms. The van der Waals surface area contributed by atoms with Crippen molar-refractivity contribution in [2.75, 3.05) is 7.11 Å². The first-order valence-electron chi connectivity index (χ1n) is 4.08. The highest BCUT2D eigenvalue weighted by Crippen LogP contribution is 2.33. The molecule has 0 fully saturated rings. The summed E-state index contributed by atoms with van der Waals surface area (Å²) in [5.74, 6) is -0.147. The largest absolute Gasteiger partial charge is 0.493 e. The van der Waals surface area contributed by atoms with Crippen LogP contribution in [0.2, 0.25) is 0 Å². The van der Waals surface area contributed by atoms with Crippen molar-refractivity contribution >= 4 is 21.6 Å². The Morgan fingerprint density at radius 1 is 1.57 bits per heavy atom. The lowest BCUT2D eigenvalue weighted by molar-refractivity contribution is 0.391. The van der Waals surface area contributed by atoms with Crippen molar-refractivity contribution in [2.45, 2.75) is 6.54 Å². The van der Waals surface area contributed by atoms with Gasteiger partial charge in [-0.15, -0.1) is 0 Å². The maximum Gasteiger partial charge on any atom is 0.165 e. The molecule has 0 atom stereocenters. The van der Waals surface area contributed by atoms with E-state index in [4.69, 9.17) is 10.5 Å². The van der Waals surface area contributed by atoms with Crippen LogP contribution in [0.25, 0.3) is 10.1 Å². The molecule has 1 aromatic carbocycles. The molecule has 0 bridgehead atoms. The summed E-state index contributed by atoms with van der Waals surface area (Å²) < 4.78 is 23.3. The maximum absolute atomic E-state index is 13.3. The first-order chi connectivity index (χ1) is 6.77. The van der Waals surface area contributed by atoms with Gasteiger partial charge in [0.2, 0.25) is 0 Å². The van der Waals surface area contributed by atoms with E-state index < -0.39 is 0 Å². The summed E-state index contributed by atoms with van der Waals surface area (Å²) in [4.78, 5) is 0. The van der Waals surface area contributed by atoms with E-state index in [9.17, 15) is 4.39 Å². The van der Waals surface area contributed by atoms with Crippen molar-refractivity contribution in [3.8, 4) is 5.75 Å². The zero-order valence-electron chi connectivity index (χ0n) is 7.58. The zero-order valence-corrected chi connectivity index (χ0v) is 8.40. The van der Waals surface area contributed by atoms with Gasteiger partial charge in [-0.2, -0.15) is 4.37 Å². The normalized spacial score (nSPS) is 10.8. The molecule has 2 aromatic rings. The predicted molar refractivity (Wildman–Crippen MR) is 54.0 cm³/mol. The van der Waals surface area contributed by atoms with Gasteiger partial charge in [-0.1, -0.05) is 0 Å². The molecule has 0 saturated carbocycles. The van der Waals surface area contributed by atoms with Crippen LogP contribution >= 0.6 is 11.5 Å². The molecule has 2 N–H and O–H groups in total. The monoisotopic (exact) mass is 212 g/mol. The van der Waals surface area contributed by atoms with Gasteiger partial charge in [0.1, 0.15) is 0 Å². The summed E-state index contributed by atoms with van der Waals surface area (Å²) in [5, 5.41) is 0.694. The van der Waals surface area contributed by atoms with E-state index in [1.165, 1.54) is 24.7 Å². The van der Waals surface area contributed by atoms with Crippen molar-refractivity contribution in [1.82, 2.24) is 4.37 Å². The number of nitrogens with two attached hydrogens (primary N) is 1. The van der Waals surface area contributed by atoms with Crippen molar-refractivity contribution in [3.63, 3.8) is 0 Å². The minimum atomic E-state index is -0.380. The van der Waals surface area contributed by atoms with E-state index in [2.05, 4.69) is 4.37 Å². The fraction of sp³-hybridized carbons (Fsp3) is 0.222. The summed E-state index contributed by atoms with van der Waals surface area (Å²) in [7, 11) is 1.44. The van der Waals surface area contributed by atoms with Crippen molar-refractivity contribution in [2.24, 2.45) is 5.73 Å². The van der Waals surface area contributed by atoms with Crippen LogP contribution in [0, 0.1) is 5.82 Å². The van der Waals surface area contributed by atoms with E-state index >= 15 is 0 Å². The topological polar surface area (TPSA) is 48.1 Å². The Labute approximate surface area is 84.5 Å². The van der Waals surface area contributed by atoms with Gasteiger partial charge in [0.15, 0.2) is 11.6 Å². The molecule has 0 aliphatic rings. The predicted octanol–water partition coefficient (Wildman–Crippen LogP) is 1.90. The highest BCUT2D eigenvalue weighted by molar-refractivity contribution is 7.13. The second-order valence-corrected chi connectivity index (χ2v) is 3.59. The van der Waals surface area contributed by atoms with Crippen LogP contribution in [-0.2, 0) is 6.54 Å². The second kappa shape index (κ2) is 3.51. The molecule has 1 heterocycles. The number of hydrogen-bond acceptors (Lipinski definition) is 4.